The molecule has 1 aromatic carbocycles. The van der Waals surface area contributed by atoms with Crippen molar-refractivity contribution in [3.05, 3.63) is 35.4 Å². The number of likely N-dealkylation sites (tertiary alicyclic amines) is 1. The van der Waals surface area contributed by atoms with Crippen LogP contribution in [0.2, 0.25) is 0 Å². The number of hydrogen-bond donors (Lipinski definition) is 0. The van der Waals surface area contributed by atoms with Gasteiger partial charge in [0.15, 0.2) is 0 Å². The van der Waals surface area contributed by atoms with Crippen LogP contribution in [0.1, 0.15) is 30.9 Å². The van der Waals surface area contributed by atoms with E-state index in [1.807, 2.05) is 24.0 Å². The number of nitrogens with zero attached hydrogens (tertiary/aromatic N) is 2. The lowest BCUT2D eigenvalue weighted by molar-refractivity contribution is -0.138. The first kappa shape index (κ1) is 14.5. The number of nitriles is 1. The summed E-state index contributed by atoms with van der Waals surface area (Å²) in [5.41, 5.74) is 1.34. The van der Waals surface area contributed by atoms with E-state index in [1.54, 1.807) is 19.2 Å². The van der Waals surface area contributed by atoms with Gasteiger partial charge in [0.25, 0.3) is 0 Å². The molecule has 0 saturated carbocycles. The largest absolute Gasteiger partial charge is 0.377 e. The second-order valence-corrected chi connectivity index (χ2v) is 5.56. The van der Waals surface area contributed by atoms with Crippen LogP contribution in [0.4, 0.5) is 0 Å². The molecule has 1 saturated heterocycles. The Balaban J connectivity index is 1.99. The Hall–Kier alpha value is -1.86. The monoisotopic (exact) mass is 272 g/mol. The van der Waals surface area contributed by atoms with Gasteiger partial charge in [-0.3, -0.25) is 4.79 Å². The highest BCUT2D eigenvalue weighted by Crippen LogP contribution is 2.24. The molecule has 0 spiro atoms. The summed E-state index contributed by atoms with van der Waals surface area (Å²) in [4.78, 5) is 14.2. The molecule has 0 aromatic heterocycles. The van der Waals surface area contributed by atoms with Crippen molar-refractivity contribution in [3.8, 4) is 6.07 Å². The third-order valence-electron chi connectivity index (χ3n) is 3.94. The number of piperidine rings is 1. The fraction of sp³-hybridized carbons (Fsp3) is 0.500. The number of amides is 1. The van der Waals surface area contributed by atoms with E-state index >= 15 is 0 Å². The molecule has 106 valence electrons. The van der Waals surface area contributed by atoms with E-state index in [4.69, 9.17) is 10.00 Å². The predicted molar refractivity (Wildman–Crippen MR) is 76.1 cm³/mol. The summed E-state index contributed by atoms with van der Waals surface area (Å²) in [5.74, 6) is 0.123. The Bertz CT molecular complexity index is 518. The standard InChI is InChI=1S/C16H20N2O2/c1-16(20-2)8-3-9-18(12-16)15(19)10-13-4-6-14(11-17)7-5-13/h4-7H,3,8-10,12H2,1-2H3. The highest BCUT2D eigenvalue weighted by atomic mass is 16.5. The van der Waals surface area contributed by atoms with Gasteiger partial charge in [-0.05, 0) is 37.5 Å². The lowest BCUT2D eigenvalue weighted by atomic mass is 9.94. The van der Waals surface area contributed by atoms with E-state index in [0.29, 0.717) is 18.5 Å². The molecule has 1 atom stereocenters. The Kier molecular flexibility index (Phi) is 4.41. The number of hydrogen-bond acceptors (Lipinski definition) is 3. The summed E-state index contributed by atoms with van der Waals surface area (Å²) in [5, 5.41) is 8.76. The minimum atomic E-state index is -0.224. The van der Waals surface area contributed by atoms with Crippen LogP contribution < -0.4 is 0 Å². The summed E-state index contributed by atoms with van der Waals surface area (Å²) in [6, 6.07) is 9.26. The number of rotatable bonds is 3. The molecular formula is C16H20N2O2. The number of methoxy groups -OCH3 is 1. The van der Waals surface area contributed by atoms with E-state index in [0.717, 1.165) is 24.9 Å². The molecule has 1 heterocycles. The van der Waals surface area contributed by atoms with Crippen molar-refractivity contribution < 1.29 is 9.53 Å². The molecule has 1 aliphatic heterocycles. The van der Waals surface area contributed by atoms with Crippen LogP contribution in [0.3, 0.4) is 0 Å². The molecule has 2 rings (SSSR count). The molecule has 0 aliphatic carbocycles. The topological polar surface area (TPSA) is 53.3 Å². The van der Waals surface area contributed by atoms with Gasteiger partial charge in [-0.1, -0.05) is 12.1 Å². The summed E-state index contributed by atoms with van der Waals surface area (Å²) < 4.78 is 5.51. The van der Waals surface area contributed by atoms with E-state index in [9.17, 15) is 4.79 Å². The van der Waals surface area contributed by atoms with Crippen molar-refractivity contribution in [2.24, 2.45) is 0 Å². The molecule has 0 N–H and O–H groups in total. The first-order chi connectivity index (χ1) is 9.56. The van der Waals surface area contributed by atoms with Crippen molar-refractivity contribution in [1.82, 2.24) is 4.90 Å². The molecule has 1 unspecified atom stereocenters. The maximum Gasteiger partial charge on any atom is 0.227 e. The third-order valence-corrected chi connectivity index (χ3v) is 3.94. The zero-order valence-corrected chi connectivity index (χ0v) is 12.1. The molecule has 4 heteroatoms. The molecule has 1 fully saturated rings. The number of ether oxygens (including phenoxy) is 1. The quantitative estimate of drug-likeness (QED) is 0.847. The first-order valence-corrected chi connectivity index (χ1v) is 6.88. The Morgan fingerprint density at radius 1 is 1.45 bits per heavy atom. The molecule has 0 bridgehead atoms. The number of benzene rings is 1. The van der Waals surface area contributed by atoms with Crippen LogP contribution >= 0.6 is 0 Å². The van der Waals surface area contributed by atoms with Gasteiger partial charge < -0.3 is 9.64 Å². The highest BCUT2D eigenvalue weighted by molar-refractivity contribution is 5.79. The highest BCUT2D eigenvalue weighted by Gasteiger charge is 2.32. The smallest absolute Gasteiger partial charge is 0.227 e. The van der Waals surface area contributed by atoms with Gasteiger partial charge in [-0.15, -0.1) is 0 Å². The third kappa shape index (κ3) is 3.37. The Morgan fingerprint density at radius 3 is 2.75 bits per heavy atom. The van der Waals surface area contributed by atoms with Crippen LogP contribution in [0.25, 0.3) is 0 Å². The van der Waals surface area contributed by atoms with Gasteiger partial charge in [0.1, 0.15) is 0 Å². The molecule has 1 amide bonds. The van der Waals surface area contributed by atoms with Gasteiger partial charge in [0.05, 0.1) is 23.7 Å². The van der Waals surface area contributed by atoms with E-state index in [2.05, 4.69) is 6.07 Å². The maximum absolute atomic E-state index is 12.3. The van der Waals surface area contributed by atoms with Crippen LogP contribution in [-0.4, -0.2) is 36.6 Å². The average molecular weight is 272 g/mol. The zero-order chi connectivity index (χ0) is 14.6. The molecule has 4 nitrogen and oxygen atoms in total. The van der Waals surface area contributed by atoms with Crippen LogP contribution in [0, 0.1) is 11.3 Å². The average Bonchev–Trinajstić information content (AvgIpc) is 2.48. The van der Waals surface area contributed by atoms with Crippen molar-refractivity contribution in [2.45, 2.75) is 31.8 Å². The zero-order valence-electron chi connectivity index (χ0n) is 12.1. The fourth-order valence-corrected chi connectivity index (χ4v) is 2.57. The van der Waals surface area contributed by atoms with Gasteiger partial charge in [0, 0.05) is 20.2 Å². The van der Waals surface area contributed by atoms with Crippen LogP contribution in [0.15, 0.2) is 24.3 Å². The fourth-order valence-electron chi connectivity index (χ4n) is 2.57. The second-order valence-electron chi connectivity index (χ2n) is 5.56. The summed E-state index contributed by atoms with van der Waals surface area (Å²) in [6.45, 7) is 3.50. The Labute approximate surface area is 120 Å². The van der Waals surface area contributed by atoms with E-state index in [1.165, 1.54) is 0 Å². The SMILES string of the molecule is COC1(C)CCCN(C(=O)Cc2ccc(C#N)cc2)C1. The first-order valence-electron chi connectivity index (χ1n) is 6.88. The predicted octanol–water partition coefficient (Wildman–Crippen LogP) is 2.13. The number of carbonyl (C=O) groups excluding carboxylic acids is 1. The van der Waals surface area contributed by atoms with Gasteiger partial charge in [-0.2, -0.15) is 5.26 Å². The van der Waals surface area contributed by atoms with Crippen LogP contribution in [0.5, 0.6) is 0 Å². The molecule has 0 radical (unpaired) electrons. The maximum atomic E-state index is 12.3. The minimum absolute atomic E-state index is 0.123. The summed E-state index contributed by atoms with van der Waals surface area (Å²) >= 11 is 0. The van der Waals surface area contributed by atoms with Crippen LogP contribution in [-0.2, 0) is 16.0 Å². The van der Waals surface area contributed by atoms with E-state index in [-0.39, 0.29) is 11.5 Å². The van der Waals surface area contributed by atoms with Crippen molar-refractivity contribution >= 4 is 5.91 Å². The molecule has 1 aromatic rings. The summed E-state index contributed by atoms with van der Waals surface area (Å²) in [7, 11) is 1.70. The van der Waals surface area contributed by atoms with Crippen molar-refractivity contribution in [1.29, 1.82) is 5.26 Å². The summed E-state index contributed by atoms with van der Waals surface area (Å²) in [6.07, 6.45) is 2.35. The molecular weight excluding hydrogens is 252 g/mol. The Morgan fingerprint density at radius 2 is 2.15 bits per heavy atom. The second kappa shape index (κ2) is 6.06. The normalized spacial score (nSPS) is 22.4. The van der Waals surface area contributed by atoms with Crippen molar-refractivity contribution in [3.63, 3.8) is 0 Å². The minimum Gasteiger partial charge on any atom is -0.377 e. The molecule has 20 heavy (non-hydrogen) atoms. The molecule has 1 aliphatic rings. The lowest BCUT2D eigenvalue weighted by Crippen LogP contribution is -2.50. The number of carbonyl (C=O) groups is 1. The van der Waals surface area contributed by atoms with Gasteiger partial charge >= 0.3 is 0 Å². The van der Waals surface area contributed by atoms with Crippen molar-refractivity contribution in [2.75, 3.05) is 20.2 Å². The van der Waals surface area contributed by atoms with Gasteiger partial charge in [0.2, 0.25) is 5.91 Å². The van der Waals surface area contributed by atoms with E-state index < -0.39 is 0 Å². The lowest BCUT2D eigenvalue weighted by Gasteiger charge is -2.39. The van der Waals surface area contributed by atoms with Gasteiger partial charge in [-0.25, -0.2) is 0 Å².